The third-order valence-corrected chi connectivity index (χ3v) is 5.58. The van der Waals surface area contributed by atoms with Crippen molar-refractivity contribution in [1.29, 1.82) is 0 Å². The van der Waals surface area contributed by atoms with Crippen molar-refractivity contribution in [3.05, 3.63) is 71.5 Å². The second-order valence-electron chi connectivity index (χ2n) is 7.51. The first-order valence-corrected chi connectivity index (χ1v) is 10.0. The number of aliphatic hydroxyl groups is 1. The zero-order chi connectivity index (χ0) is 19.9. The van der Waals surface area contributed by atoms with Gasteiger partial charge in [-0.05, 0) is 62.0 Å². The first-order chi connectivity index (χ1) is 13.6. The van der Waals surface area contributed by atoms with E-state index < -0.39 is 6.10 Å². The lowest BCUT2D eigenvalue weighted by Gasteiger charge is -2.35. The van der Waals surface area contributed by atoms with Crippen LogP contribution in [0.15, 0.2) is 54.6 Å². The van der Waals surface area contributed by atoms with Crippen molar-refractivity contribution in [3.8, 4) is 0 Å². The highest BCUT2D eigenvalue weighted by atomic mass is 19.1. The molecular weight excluding hydrogens is 355 g/mol. The van der Waals surface area contributed by atoms with Gasteiger partial charge in [0.2, 0.25) is 5.91 Å². The molecule has 2 aromatic carbocycles. The van der Waals surface area contributed by atoms with E-state index in [-0.39, 0.29) is 17.6 Å². The molecule has 1 atom stereocenters. The Kier molecular flexibility index (Phi) is 7.18. The molecule has 0 bridgehead atoms. The molecule has 0 saturated carbocycles. The number of carbonyl (C=O) groups excluding carboxylic acids is 1. The van der Waals surface area contributed by atoms with Crippen LogP contribution in [0.5, 0.6) is 0 Å². The maximum Gasteiger partial charge on any atom is 0.237 e. The van der Waals surface area contributed by atoms with Crippen LogP contribution in [0.4, 0.5) is 4.39 Å². The van der Waals surface area contributed by atoms with Gasteiger partial charge in [-0.2, -0.15) is 0 Å². The summed E-state index contributed by atoms with van der Waals surface area (Å²) in [6, 6.07) is 16.2. The van der Waals surface area contributed by atoms with Crippen molar-refractivity contribution in [3.63, 3.8) is 0 Å². The lowest BCUT2D eigenvalue weighted by Crippen LogP contribution is -2.43. The van der Waals surface area contributed by atoms with E-state index in [4.69, 9.17) is 0 Å². The molecule has 5 heteroatoms. The summed E-state index contributed by atoms with van der Waals surface area (Å²) in [7, 11) is 0. The number of hydrogen-bond donors (Lipinski definition) is 1. The fourth-order valence-corrected chi connectivity index (χ4v) is 3.87. The third-order valence-electron chi connectivity index (χ3n) is 5.58. The lowest BCUT2D eigenvalue weighted by atomic mass is 9.87. The van der Waals surface area contributed by atoms with Crippen molar-refractivity contribution in [2.75, 3.05) is 26.2 Å². The molecule has 1 fully saturated rings. The molecule has 1 N–H and O–H groups in total. The summed E-state index contributed by atoms with van der Waals surface area (Å²) in [5.74, 6) is 0.0113. The monoisotopic (exact) mass is 384 g/mol. The second kappa shape index (κ2) is 9.80. The summed E-state index contributed by atoms with van der Waals surface area (Å²) in [4.78, 5) is 16.6. The zero-order valence-corrected chi connectivity index (χ0v) is 16.4. The fourth-order valence-electron chi connectivity index (χ4n) is 3.87. The number of benzene rings is 2. The highest BCUT2D eigenvalue weighted by Gasteiger charge is 2.27. The van der Waals surface area contributed by atoms with E-state index in [1.165, 1.54) is 12.1 Å². The van der Waals surface area contributed by atoms with Crippen LogP contribution in [-0.4, -0.2) is 47.0 Å². The molecule has 0 aromatic heterocycles. The van der Waals surface area contributed by atoms with Gasteiger partial charge in [-0.15, -0.1) is 0 Å². The molecule has 0 radical (unpaired) electrons. The van der Waals surface area contributed by atoms with Gasteiger partial charge in [-0.1, -0.05) is 42.5 Å². The minimum Gasteiger partial charge on any atom is -0.388 e. The minimum atomic E-state index is -0.445. The number of likely N-dealkylation sites (tertiary alicyclic amines) is 1. The van der Waals surface area contributed by atoms with Crippen LogP contribution < -0.4 is 0 Å². The number of piperidine rings is 1. The standard InChI is InChI=1S/C23H29FN2O2/c1-2-26(16-18-7-6-10-21(24)15-18)22(27)17-25-13-11-20(12-14-25)23(28)19-8-4-3-5-9-19/h3-10,15,20,23,28H,2,11-14,16-17H2,1H3/t23-/m0/s1. The molecule has 0 spiro atoms. The van der Waals surface area contributed by atoms with E-state index in [0.29, 0.717) is 19.6 Å². The number of rotatable bonds is 7. The summed E-state index contributed by atoms with van der Waals surface area (Å²) < 4.78 is 13.4. The van der Waals surface area contributed by atoms with Crippen molar-refractivity contribution >= 4 is 5.91 Å². The number of nitrogens with zero attached hydrogens (tertiary/aromatic N) is 2. The maximum atomic E-state index is 13.4. The predicted molar refractivity (Wildman–Crippen MR) is 108 cm³/mol. The fraction of sp³-hybridized carbons (Fsp3) is 0.435. The van der Waals surface area contributed by atoms with Gasteiger partial charge in [0, 0.05) is 13.1 Å². The normalized spacial score (nSPS) is 16.7. The third kappa shape index (κ3) is 5.40. The molecule has 28 heavy (non-hydrogen) atoms. The molecule has 1 heterocycles. The summed E-state index contributed by atoms with van der Waals surface area (Å²) >= 11 is 0. The molecule has 1 aliphatic rings. The minimum absolute atomic E-state index is 0.0637. The Labute approximate surface area is 166 Å². The molecule has 0 aliphatic carbocycles. The van der Waals surface area contributed by atoms with Crippen LogP contribution in [-0.2, 0) is 11.3 Å². The van der Waals surface area contributed by atoms with Crippen LogP contribution in [0, 0.1) is 11.7 Å². The lowest BCUT2D eigenvalue weighted by molar-refractivity contribution is -0.133. The number of aliphatic hydroxyl groups excluding tert-OH is 1. The predicted octanol–water partition coefficient (Wildman–Crippen LogP) is 3.62. The molecule has 150 valence electrons. The maximum absolute atomic E-state index is 13.4. The average Bonchev–Trinajstić information content (AvgIpc) is 2.72. The van der Waals surface area contributed by atoms with Gasteiger partial charge in [0.15, 0.2) is 0 Å². The van der Waals surface area contributed by atoms with E-state index in [0.717, 1.165) is 37.1 Å². The van der Waals surface area contributed by atoms with Crippen LogP contribution >= 0.6 is 0 Å². The van der Waals surface area contributed by atoms with Crippen molar-refractivity contribution in [1.82, 2.24) is 9.80 Å². The van der Waals surface area contributed by atoms with Gasteiger partial charge < -0.3 is 10.0 Å². The molecule has 0 unspecified atom stereocenters. The Bertz CT molecular complexity index is 760. The van der Waals surface area contributed by atoms with Crippen molar-refractivity contribution < 1.29 is 14.3 Å². The molecule has 1 amide bonds. The quantitative estimate of drug-likeness (QED) is 0.793. The summed E-state index contributed by atoms with van der Waals surface area (Å²) in [6.45, 7) is 4.95. The Morgan fingerprint density at radius 1 is 1.18 bits per heavy atom. The van der Waals surface area contributed by atoms with Gasteiger partial charge in [0.1, 0.15) is 5.82 Å². The number of carbonyl (C=O) groups is 1. The SMILES string of the molecule is CCN(Cc1cccc(F)c1)C(=O)CN1CCC([C@@H](O)c2ccccc2)CC1. The summed E-state index contributed by atoms with van der Waals surface area (Å²) in [5, 5.41) is 10.6. The number of hydrogen-bond acceptors (Lipinski definition) is 3. The van der Waals surface area contributed by atoms with E-state index in [1.807, 2.05) is 43.3 Å². The van der Waals surface area contributed by atoms with Crippen LogP contribution in [0.3, 0.4) is 0 Å². The van der Waals surface area contributed by atoms with Gasteiger partial charge in [-0.3, -0.25) is 9.69 Å². The Hall–Kier alpha value is -2.24. The van der Waals surface area contributed by atoms with E-state index in [1.54, 1.807) is 11.0 Å². The molecule has 2 aromatic rings. The average molecular weight is 384 g/mol. The highest BCUT2D eigenvalue weighted by Crippen LogP contribution is 2.30. The van der Waals surface area contributed by atoms with Gasteiger partial charge in [0.05, 0.1) is 12.6 Å². The number of likely N-dealkylation sites (N-methyl/N-ethyl adjacent to an activating group) is 1. The first kappa shape index (κ1) is 20.5. The Morgan fingerprint density at radius 2 is 1.89 bits per heavy atom. The number of halogens is 1. The summed E-state index contributed by atoms with van der Waals surface area (Å²) in [6.07, 6.45) is 1.30. The van der Waals surface area contributed by atoms with E-state index in [9.17, 15) is 14.3 Å². The Balaban J connectivity index is 1.49. The molecule has 1 saturated heterocycles. The van der Waals surface area contributed by atoms with Crippen LogP contribution in [0.25, 0.3) is 0 Å². The van der Waals surface area contributed by atoms with E-state index in [2.05, 4.69) is 4.90 Å². The zero-order valence-electron chi connectivity index (χ0n) is 16.4. The molecule has 4 nitrogen and oxygen atoms in total. The van der Waals surface area contributed by atoms with Gasteiger partial charge >= 0.3 is 0 Å². The molecule has 3 rings (SSSR count). The number of amides is 1. The topological polar surface area (TPSA) is 43.8 Å². The van der Waals surface area contributed by atoms with E-state index >= 15 is 0 Å². The largest absolute Gasteiger partial charge is 0.388 e. The van der Waals surface area contributed by atoms with Crippen LogP contribution in [0.1, 0.15) is 37.0 Å². The van der Waals surface area contributed by atoms with Crippen molar-refractivity contribution in [2.45, 2.75) is 32.4 Å². The van der Waals surface area contributed by atoms with Crippen LogP contribution in [0.2, 0.25) is 0 Å². The molecule has 1 aliphatic heterocycles. The summed E-state index contributed by atoms with van der Waals surface area (Å²) in [5.41, 5.74) is 1.77. The smallest absolute Gasteiger partial charge is 0.237 e. The van der Waals surface area contributed by atoms with Gasteiger partial charge in [-0.25, -0.2) is 4.39 Å². The Morgan fingerprint density at radius 3 is 2.54 bits per heavy atom. The van der Waals surface area contributed by atoms with Crippen molar-refractivity contribution in [2.24, 2.45) is 5.92 Å². The molecular formula is C23H29FN2O2. The second-order valence-corrected chi connectivity index (χ2v) is 7.51. The first-order valence-electron chi connectivity index (χ1n) is 10.0. The van der Waals surface area contributed by atoms with Gasteiger partial charge in [0.25, 0.3) is 0 Å². The highest BCUT2D eigenvalue weighted by molar-refractivity contribution is 5.78.